The molecule has 0 saturated heterocycles. The Kier molecular flexibility index (Phi) is 3.73. The van der Waals surface area contributed by atoms with Gasteiger partial charge >= 0.3 is 0 Å². The first kappa shape index (κ1) is 13.2. The predicted octanol–water partition coefficient (Wildman–Crippen LogP) is 2.23. The van der Waals surface area contributed by atoms with Gasteiger partial charge in [0, 0.05) is 5.92 Å². The molecule has 3 nitrogen and oxygen atoms in total. The van der Waals surface area contributed by atoms with Gasteiger partial charge in [-0.15, -0.1) is 0 Å². The number of hydrogen-bond acceptors (Lipinski definition) is 3. The summed E-state index contributed by atoms with van der Waals surface area (Å²) in [5, 5.41) is 19.4. The van der Waals surface area contributed by atoms with E-state index < -0.39 is 17.5 Å². The van der Waals surface area contributed by atoms with Gasteiger partial charge in [-0.25, -0.2) is 0 Å². The van der Waals surface area contributed by atoms with Crippen LogP contribution in [0.3, 0.4) is 0 Å². The van der Waals surface area contributed by atoms with Crippen LogP contribution in [0.4, 0.5) is 0 Å². The van der Waals surface area contributed by atoms with Gasteiger partial charge in [-0.2, -0.15) is 0 Å². The smallest absolute Gasteiger partial charge is 0.281 e. The maximum Gasteiger partial charge on any atom is 0.281 e. The van der Waals surface area contributed by atoms with Crippen molar-refractivity contribution in [3.63, 3.8) is 0 Å². The molecule has 2 N–H and O–H groups in total. The van der Waals surface area contributed by atoms with Gasteiger partial charge in [0.15, 0.2) is 0 Å². The molecule has 0 amide bonds. The lowest BCUT2D eigenvalue weighted by molar-refractivity contribution is -0.394. The van der Waals surface area contributed by atoms with Crippen molar-refractivity contribution < 1.29 is 14.9 Å². The molecule has 90 valence electrons. The molecule has 0 fully saturated rings. The highest BCUT2D eigenvalue weighted by atomic mass is 16.8. The lowest BCUT2D eigenvalue weighted by atomic mass is 9.97. The van der Waals surface area contributed by atoms with Crippen molar-refractivity contribution in [3.05, 3.63) is 35.9 Å². The highest BCUT2D eigenvalue weighted by Crippen LogP contribution is 2.30. The van der Waals surface area contributed by atoms with Crippen LogP contribution in [0, 0.1) is 5.92 Å². The fourth-order valence-electron chi connectivity index (χ4n) is 1.39. The van der Waals surface area contributed by atoms with Crippen LogP contribution in [-0.4, -0.2) is 16.2 Å². The van der Waals surface area contributed by atoms with Gasteiger partial charge in [0.05, 0.1) is 5.60 Å². The van der Waals surface area contributed by atoms with Crippen molar-refractivity contribution >= 4 is 0 Å². The standard InChI is InChI=1S/C13H20O3/c1-10(2)13(14,15)16-12(3,4)11-8-6-5-7-9-11/h5-10,14-15H,1-4H3. The van der Waals surface area contributed by atoms with Crippen LogP contribution >= 0.6 is 0 Å². The molecule has 0 unspecified atom stereocenters. The number of hydrogen-bond donors (Lipinski definition) is 2. The molecule has 16 heavy (non-hydrogen) atoms. The molecular formula is C13H20O3. The van der Waals surface area contributed by atoms with Crippen molar-refractivity contribution in [3.8, 4) is 0 Å². The molecule has 1 aromatic carbocycles. The Hall–Kier alpha value is -0.900. The van der Waals surface area contributed by atoms with E-state index in [1.165, 1.54) is 0 Å². The van der Waals surface area contributed by atoms with E-state index in [9.17, 15) is 10.2 Å². The van der Waals surface area contributed by atoms with Crippen molar-refractivity contribution in [1.82, 2.24) is 0 Å². The summed E-state index contributed by atoms with van der Waals surface area (Å²) in [7, 11) is 0. The summed E-state index contributed by atoms with van der Waals surface area (Å²) in [4.78, 5) is 0. The van der Waals surface area contributed by atoms with E-state index in [2.05, 4.69) is 0 Å². The molecule has 0 bridgehead atoms. The summed E-state index contributed by atoms with van der Waals surface area (Å²) in [6, 6.07) is 9.50. The number of ether oxygens (including phenoxy) is 1. The van der Waals surface area contributed by atoms with Gasteiger partial charge in [0.25, 0.3) is 5.97 Å². The topological polar surface area (TPSA) is 49.7 Å². The summed E-state index contributed by atoms with van der Waals surface area (Å²) in [6.07, 6.45) is 0. The van der Waals surface area contributed by atoms with Gasteiger partial charge in [-0.1, -0.05) is 44.2 Å². The molecule has 1 aromatic rings. The van der Waals surface area contributed by atoms with Crippen molar-refractivity contribution in [2.45, 2.75) is 39.3 Å². The van der Waals surface area contributed by atoms with Crippen LogP contribution in [0.5, 0.6) is 0 Å². The van der Waals surface area contributed by atoms with Crippen LogP contribution in [0.25, 0.3) is 0 Å². The van der Waals surface area contributed by atoms with Crippen LogP contribution < -0.4 is 0 Å². The Labute approximate surface area is 96.7 Å². The zero-order valence-corrected chi connectivity index (χ0v) is 10.3. The van der Waals surface area contributed by atoms with E-state index in [0.717, 1.165) is 5.56 Å². The average Bonchev–Trinajstić information content (AvgIpc) is 2.17. The molecule has 3 heteroatoms. The predicted molar refractivity (Wildman–Crippen MR) is 62.6 cm³/mol. The molecule has 0 aliphatic rings. The molecule has 0 spiro atoms. The molecule has 0 radical (unpaired) electrons. The molecule has 0 saturated carbocycles. The fraction of sp³-hybridized carbons (Fsp3) is 0.538. The van der Waals surface area contributed by atoms with Crippen molar-refractivity contribution in [2.24, 2.45) is 5.92 Å². The largest absolute Gasteiger partial charge is 0.343 e. The van der Waals surface area contributed by atoms with Gasteiger partial charge in [0.2, 0.25) is 0 Å². The monoisotopic (exact) mass is 224 g/mol. The Morgan fingerprint density at radius 2 is 1.56 bits per heavy atom. The highest BCUT2D eigenvalue weighted by Gasteiger charge is 2.37. The lowest BCUT2D eigenvalue weighted by Gasteiger charge is -2.35. The van der Waals surface area contributed by atoms with Crippen LogP contribution in [0.15, 0.2) is 30.3 Å². The molecule has 0 atom stereocenters. The second-order valence-corrected chi connectivity index (χ2v) is 4.79. The zero-order chi connectivity index (χ0) is 12.4. The Morgan fingerprint density at radius 1 is 1.06 bits per heavy atom. The molecule has 0 heterocycles. The minimum Gasteiger partial charge on any atom is -0.343 e. The van der Waals surface area contributed by atoms with Crippen LogP contribution in [0.2, 0.25) is 0 Å². The molecule has 0 aliphatic heterocycles. The zero-order valence-electron chi connectivity index (χ0n) is 10.3. The first-order chi connectivity index (χ1) is 7.26. The summed E-state index contributed by atoms with van der Waals surface area (Å²) in [5.41, 5.74) is 0.165. The average molecular weight is 224 g/mol. The first-order valence-electron chi connectivity index (χ1n) is 5.46. The molecule has 0 aromatic heterocycles. The Bertz CT molecular complexity index is 328. The van der Waals surface area contributed by atoms with E-state index in [0.29, 0.717) is 0 Å². The molecular weight excluding hydrogens is 204 g/mol. The highest BCUT2D eigenvalue weighted by molar-refractivity contribution is 5.20. The van der Waals surface area contributed by atoms with Gasteiger partial charge < -0.3 is 14.9 Å². The normalized spacial score (nSPS) is 13.2. The van der Waals surface area contributed by atoms with E-state index in [1.807, 2.05) is 44.2 Å². The summed E-state index contributed by atoms with van der Waals surface area (Å²) < 4.78 is 5.38. The summed E-state index contributed by atoms with van der Waals surface area (Å²) in [6.45, 7) is 7.01. The maximum absolute atomic E-state index is 9.72. The third-order valence-corrected chi connectivity index (χ3v) is 2.63. The van der Waals surface area contributed by atoms with Crippen LogP contribution in [0.1, 0.15) is 33.3 Å². The Morgan fingerprint density at radius 3 is 2.00 bits per heavy atom. The fourth-order valence-corrected chi connectivity index (χ4v) is 1.39. The number of aliphatic hydroxyl groups is 2. The first-order valence-corrected chi connectivity index (χ1v) is 5.46. The summed E-state index contributed by atoms with van der Waals surface area (Å²) in [5.74, 6) is -2.50. The van der Waals surface area contributed by atoms with E-state index in [4.69, 9.17) is 4.74 Å². The second-order valence-electron chi connectivity index (χ2n) is 4.79. The lowest BCUT2D eigenvalue weighted by Crippen LogP contribution is -2.44. The minimum atomic E-state index is -2.11. The minimum absolute atomic E-state index is 0.393. The third kappa shape index (κ3) is 3.04. The van der Waals surface area contributed by atoms with Crippen LogP contribution in [-0.2, 0) is 10.3 Å². The Balaban J connectivity index is 2.88. The van der Waals surface area contributed by atoms with E-state index in [-0.39, 0.29) is 0 Å². The SMILES string of the molecule is CC(C)C(O)(O)OC(C)(C)c1ccccc1. The quantitative estimate of drug-likeness (QED) is 0.771. The maximum atomic E-state index is 9.72. The summed E-state index contributed by atoms with van der Waals surface area (Å²) >= 11 is 0. The third-order valence-electron chi connectivity index (χ3n) is 2.63. The van der Waals surface area contributed by atoms with E-state index >= 15 is 0 Å². The van der Waals surface area contributed by atoms with Gasteiger partial charge in [-0.3, -0.25) is 0 Å². The van der Waals surface area contributed by atoms with Crippen molar-refractivity contribution in [2.75, 3.05) is 0 Å². The molecule has 1 rings (SSSR count). The van der Waals surface area contributed by atoms with E-state index in [1.54, 1.807) is 13.8 Å². The second kappa shape index (κ2) is 4.53. The van der Waals surface area contributed by atoms with Gasteiger partial charge in [-0.05, 0) is 19.4 Å². The van der Waals surface area contributed by atoms with Gasteiger partial charge in [0.1, 0.15) is 0 Å². The van der Waals surface area contributed by atoms with Crippen molar-refractivity contribution in [1.29, 1.82) is 0 Å². The number of rotatable bonds is 4. The number of benzene rings is 1. The molecule has 0 aliphatic carbocycles.